The van der Waals surface area contributed by atoms with Gasteiger partial charge in [-0.15, -0.1) is 0 Å². The van der Waals surface area contributed by atoms with Crippen LogP contribution in [-0.2, 0) is 9.84 Å². The van der Waals surface area contributed by atoms with E-state index >= 15 is 0 Å². The standard InChI is InChI=1S/C20H21FN2O3S/c1-27(25,26)17-7-3-5-14(9-17)20(24)23-12-15-10-22-11-18(15)19(23)13-4-2-6-16(21)8-13/h2-9,15,18-19,22H,10-12H2,1H3/t15-,18-,19+/m0/s1. The van der Waals surface area contributed by atoms with E-state index in [9.17, 15) is 17.6 Å². The second-order valence-electron chi connectivity index (χ2n) is 7.34. The lowest BCUT2D eigenvalue weighted by atomic mass is 9.89. The largest absolute Gasteiger partial charge is 0.331 e. The average molecular weight is 388 g/mol. The first kappa shape index (κ1) is 18.1. The van der Waals surface area contributed by atoms with E-state index in [-0.39, 0.29) is 28.6 Å². The first-order valence-corrected chi connectivity index (χ1v) is 10.8. The van der Waals surface area contributed by atoms with Crippen LogP contribution in [0.4, 0.5) is 4.39 Å². The molecule has 1 N–H and O–H groups in total. The molecule has 2 fully saturated rings. The molecule has 2 aromatic carbocycles. The van der Waals surface area contributed by atoms with Gasteiger partial charge in [-0.3, -0.25) is 4.79 Å². The zero-order chi connectivity index (χ0) is 19.2. The minimum atomic E-state index is -3.40. The molecule has 2 aliphatic heterocycles. The molecule has 2 aliphatic rings. The zero-order valence-corrected chi connectivity index (χ0v) is 15.7. The number of likely N-dealkylation sites (tertiary alicyclic amines) is 1. The van der Waals surface area contributed by atoms with Crippen LogP contribution in [0.5, 0.6) is 0 Å². The van der Waals surface area contributed by atoms with Crippen LogP contribution in [0.1, 0.15) is 22.0 Å². The van der Waals surface area contributed by atoms with Crippen molar-refractivity contribution in [2.24, 2.45) is 11.8 Å². The molecular weight excluding hydrogens is 367 g/mol. The van der Waals surface area contributed by atoms with Gasteiger partial charge in [0.25, 0.3) is 5.91 Å². The predicted molar refractivity (Wildman–Crippen MR) is 99.6 cm³/mol. The van der Waals surface area contributed by atoms with Crippen LogP contribution in [-0.4, -0.2) is 45.1 Å². The smallest absolute Gasteiger partial charge is 0.254 e. The van der Waals surface area contributed by atoms with Crippen molar-refractivity contribution in [1.82, 2.24) is 10.2 Å². The van der Waals surface area contributed by atoms with Gasteiger partial charge < -0.3 is 10.2 Å². The third-order valence-corrected chi connectivity index (χ3v) is 6.64. The van der Waals surface area contributed by atoms with Crippen molar-refractivity contribution in [3.05, 3.63) is 65.5 Å². The molecule has 142 valence electrons. The molecule has 4 rings (SSSR count). The van der Waals surface area contributed by atoms with Gasteiger partial charge >= 0.3 is 0 Å². The van der Waals surface area contributed by atoms with Crippen molar-refractivity contribution < 1.29 is 17.6 Å². The van der Waals surface area contributed by atoms with Crippen molar-refractivity contribution in [2.45, 2.75) is 10.9 Å². The molecule has 0 bridgehead atoms. The summed E-state index contributed by atoms with van der Waals surface area (Å²) in [6.45, 7) is 2.17. The minimum absolute atomic E-state index is 0.122. The molecule has 1 amide bonds. The number of rotatable bonds is 3. The van der Waals surface area contributed by atoms with E-state index < -0.39 is 9.84 Å². The van der Waals surface area contributed by atoms with Crippen LogP contribution in [0, 0.1) is 17.7 Å². The Balaban J connectivity index is 1.72. The molecule has 2 heterocycles. The molecule has 0 saturated carbocycles. The number of carbonyl (C=O) groups is 1. The summed E-state index contributed by atoms with van der Waals surface area (Å²) in [6, 6.07) is 12.3. The number of sulfone groups is 1. The molecule has 0 aromatic heterocycles. The molecule has 2 aromatic rings. The minimum Gasteiger partial charge on any atom is -0.331 e. The van der Waals surface area contributed by atoms with E-state index in [0.717, 1.165) is 24.9 Å². The summed E-state index contributed by atoms with van der Waals surface area (Å²) in [7, 11) is -3.40. The van der Waals surface area contributed by atoms with Crippen LogP contribution < -0.4 is 5.32 Å². The predicted octanol–water partition coefficient (Wildman–Crippen LogP) is 2.26. The number of hydrogen-bond donors (Lipinski definition) is 1. The first-order chi connectivity index (χ1) is 12.8. The average Bonchev–Trinajstić information content (AvgIpc) is 3.21. The van der Waals surface area contributed by atoms with Gasteiger partial charge in [-0.25, -0.2) is 12.8 Å². The van der Waals surface area contributed by atoms with Crippen LogP contribution in [0.2, 0.25) is 0 Å². The molecule has 0 aliphatic carbocycles. The molecular formula is C20H21FN2O3S. The number of halogens is 1. The van der Waals surface area contributed by atoms with E-state index in [0.29, 0.717) is 18.0 Å². The number of benzene rings is 2. The highest BCUT2D eigenvalue weighted by Crippen LogP contribution is 2.43. The van der Waals surface area contributed by atoms with Gasteiger partial charge in [0.1, 0.15) is 5.82 Å². The Morgan fingerprint density at radius 2 is 1.93 bits per heavy atom. The van der Waals surface area contributed by atoms with Gasteiger partial charge in [-0.2, -0.15) is 0 Å². The molecule has 27 heavy (non-hydrogen) atoms. The Bertz CT molecular complexity index is 992. The normalized spacial score (nSPS) is 24.8. The molecule has 5 nitrogen and oxygen atoms in total. The van der Waals surface area contributed by atoms with E-state index in [1.807, 2.05) is 6.07 Å². The van der Waals surface area contributed by atoms with Crippen molar-refractivity contribution in [3.63, 3.8) is 0 Å². The Morgan fingerprint density at radius 3 is 2.67 bits per heavy atom. The number of carbonyl (C=O) groups excluding carboxylic acids is 1. The number of hydrogen-bond acceptors (Lipinski definition) is 4. The topological polar surface area (TPSA) is 66.5 Å². The fourth-order valence-corrected chi connectivity index (χ4v) is 4.94. The van der Waals surface area contributed by atoms with Crippen LogP contribution in [0.15, 0.2) is 53.4 Å². The van der Waals surface area contributed by atoms with E-state index in [1.54, 1.807) is 23.1 Å². The van der Waals surface area contributed by atoms with Gasteiger partial charge in [0.15, 0.2) is 9.84 Å². The lowest BCUT2D eigenvalue weighted by molar-refractivity contribution is 0.0713. The highest BCUT2D eigenvalue weighted by Gasteiger charge is 2.47. The van der Waals surface area contributed by atoms with Crippen LogP contribution in [0.25, 0.3) is 0 Å². The summed E-state index contributed by atoms with van der Waals surface area (Å²) in [6.07, 6.45) is 1.12. The SMILES string of the molecule is CS(=O)(=O)c1cccc(C(=O)N2C[C@@H]3CNC[C@@H]3[C@H]2c2cccc(F)c2)c1. The van der Waals surface area contributed by atoms with E-state index in [1.165, 1.54) is 24.3 Å². The molecule has 3 atom stereocenters. The second kappa shape index (κ2) is 6.73. The molecule has 0 radical (unpaired) electrons. The first-order valence-electron chi connectivity index (χ1n) is 8.92. The molecule has 2 saturated heterocycles. The van der Waals surface area contributed by atoms with Gasteiger partial charge in [0, 0.05) is 37.4 Å². The number of fused-ring (bicyclic) bond motifs is 1. The Hall–Kier alpha value is -2.25. The summed E-state index contributed by atoms with van der Waals surface area (Å²) in [5.74, 6) is -0.0216. The number of nitrogens with one attached hydrogen (secondary N) is 1. The maximum atomic E-state index is 13.8. The number of amides is 1. The van der Waals surface area contributed by atoms with Gasteiger partial charge in [-0.05, 0) is 41.8 Å². The highest BCUT2D eigenvalue weighted by molar-refractivity contribution is 7.90. The lowest BCUT2D eigenvalue weighted by Gasteiger charge is -2.28. The summed E-state index contributed by atoms with van der Waals surface area (Å²) in [5.41, 5.74) is 1.12. The van der Waals surface area contributed by atoms with Crippen molar-refractivity contribution >= 4 is 15.7 Å². The monoisotopic (exact) mass is 388 g/mol. The zero-order valence-electron chi connectivity index (χ0n) is 14.9. The Labute approximate surface area is 158 Å². The maximum Gasteiger partial charge on any atom is 0.254 e. The van der Waals surface area contributed by atoms with Crippen molar-refractivity contribution in [1.29, 1.82) is 0 Å². The maximum absolute atomic E-state index is 13.8. The van der Waals surface area contributed by atoms with Crippen molar-refractivity contribution in [2.75, 3.05) is 25.9 Å². The molecule has 0 unspecified atom stereocenters. The Kier molecular flexibility index (Phi) is 4.52. The fraction of sp³-hybridized carbons (Fsp3) is 0.350. The second-order valence-corrected chi connectivity index (χ2v) is 9.36. The summed E-state index contributed by atoms with van der Waals surface area (Å²) < 4.78 is 37.5. The summed E-state index contributed by atoms with van der Waals surface area (Å²) in [5, 5.41) is 3.36. The summed E-state index contributed by atoms with van der Waals surface area (Å²) >= 11 is 0. The van der Waals surface area contributed by atoms with E-state index in [4.69, 9.17) is 0 Å². The highest BCUT2D eigenvalue weighted by atomic mass is 32.2. The van der Waals surface area contributed by atoms with Gasteiger partial charge in [0.2, 0.25) is 0 Å². The molecule has 7 heteroatoms. The third-order valence-electron chi connectivity index (χ3n) is 5.52. The lowest BCUT2D eigenvalue weighted by Crippen LogP contribution is -2.34. The third kappa shape index (κ3) is 3.37. The van der Waals surface area contributed by atoms with E-state index in [2.05, 4.69) is 5.32 Å². The van der Waals surface area contributed by atoms with Crippen LogP contribution >= 0.6 is 0 Å². The number of nitrogens with zero attached hydrogens (tertiary/aromatic N) is 1. The van der Waals surface area contributed by atoms with Crippen molar-refractivity contribution in [3.8, 4) is 0 Å². The quantitative estimate of drug-likeness (QED) is 0.876. The van der Waals surface area contributed by atoms with Crippen LogP contribution in [0.3, 0.4) is 0 Å². The van der Waals surface area contributed by atoms with Gasteiger partial charge in [0.05, 0.1) is 10.9 Å². The van der Waals surface area contributed by atoms with Gasteiger partial charge in [-0.1, -0.05) is 18.2 Å². The fourth-order valence-electron chi connectivity index (χ4n) is 4.27. The molecule has 0 spiro atoms. The summed E-state index contributed by atoms with van der Waals surface area (Å²) in [4.78, 5) is 15.1. The Morgan fingerprint density at radius 1 is 1.15 bits per heavy atom.